The molecule has 0 bridgehead atoms. The van der Waals surface area contributed by atoms with E-state index in [0.29, 0.717) is 41.6 Å². The lowest BCUT2D eigenvalue weighted by atomic mass is 9.98. The molecule has 0 spiro atoms. The second-order valence-corrected chi connectivity index (χ2v) is 24.4. The minimum absolute atomic E-state index is 0.0618. The van der Waals surface area contributed by atoms with Crippen molar-refractivity contribution in [2.75, 3.05) is 13.2 Å². The number of carboxylic acid groups (broad SMARTS) is 3. The Bertz CT molecular complexity index is 3280. The minimum Gasteiger partial charge on any atom is -0.508 e. The first-order valence-corrected chi connectivity index (χ1v) is 31.8. The number of amides is 9. The topological polar surface area (TPSA) is 507 Å². The Labute approximate surface area is 560 Å². The van der Waals surface area contributed by atoms with E-state index in [1.165, 1.54) is 72.8 Å². The molecular weight excluding hydrogens is 1260 g/mol. The molecule has 0 saturated heterocycles. The van der Waals surface area contributed by atoms with E-state index in [4.69, 9.17) is 11.5 Å². The predicted molar refractivity (Wildman–Crippen MR) is 351 cm³/mol. The van der Waals surface area contributed by atoms with Crippen molar-refractivity contribution in [2.45, 2.75) is 172 Å². The molecule has 0 saturated carbocycles. The van der Waals surface area contributed by atoms with Crippen LogP contribution in [-0.4, -0.2) is 180 Å². The van der Waals surface area contributed by atoms with E-state index in [1.807, 2.05) is 0 Å². The van der Waals surface area contributed by atoms with Crippen molar-refractivity contribution >= 4 is 71.1 Å². The zero-order valence-electron chi connectivity index (χ0n) is 54.5. The van der Waals surface area contributed by atoms with Gasteiger partial charge in [0.15, 0.2) is 0 Å². The van der Waals surface area contributed by atoms with Crippen LogP contribution in [0.1, 0.15) is 108 Å². The summed E-state index contributed by atoms with van der Waals surface area (Å²) < 4.78 is 0. The first-order valence-electron chi connectivity index (χ1n) is 31.8. The van der Waals surface area contributed by atoms with Gasteiger partial charge in [0.05, 0.1) is 12.6 Å². The summed E-state index contributed by atoms with van der Waals surface area (Å²) in [6, 6.07) is 9.58. The number of carbonyl (C=O) groups is 12. The summed E-state index contributed by atoms with van der Waals surface area (Å²) in [7, 11) is 0. The van der Waals surface area contributed by atoms with Crippen LogP contribution in [0.4, 0.5) is 0 Å². The number of rotatable bonds is 42. The Morgan fingerprint density at radius 2 is 0.649 bits per heavy atom. The van der Waals surface area contributed by atoms with Crippen molar-refractivity contribution < 1.29 is 93.3 Å². The van der Waals surface area contributed by atoms with Crippen LogP contribution in [0.2, 0.25) is 0 Å². The summed E-state index contributed by atoms with van der Waals surface area (Å²) in [5.74, 6) is -14.0. The monoisotopic (exact) mass is 1350 g/mol. The van der Waals surface area contributed by atoms with Crippen molar-refractivity contribution in [1.82, 2.24) is 47.9 Å². The standard InChI is InChI=1S/C67H91N11O19/c1-37(2)30-49(60(89)72-50(31-38(3)4)61(90)74-54(35-42-17-23-45(82)24-18-42)65(94)75-52(33-40-13-19-43(80)20-14-40)62(91)71-48(67(96)97)26-28-57(85)86)73-63(92)53(34-41-15-21-44(81)22-16-41)76-64(93)51(32-39-10-6-5-7-11-39)77-66(95)55(36-79)78-59(88)47(25-27-56(83)84)70-58(87)46(69)12-8-9-29-68/h5-7,10-11,13-24,37-38,46-55,79-82H,8-9,12,25-36,68-69H2,1-4H3,(H,70,87)(H,71,91)(H,72,89)(H,73,92)(H,74,90)(H,75,94)(H,76,93)(H,77,95)(H,78,88)(H,83,84)(H,85,86)(H,96,97)/t46-,47-,48-,49-,50-,51-,52-,53-,54-,55-/m0/s1. The van der Waals surface area contributed by atoms with Crippen LogP contribution in [0.5, 0.6) is 17.2 Å². The quantitative estimate of drug-likeness (QED) is 0.0255. The van der Waals surface area contributed by atoms with Gasteiger partial charge in [-0.15, -0.1) is 0 Å². The fraction of sp³-hybridized carbons (Fsp3) is 0.463. The molecule has 4 aromatic carbocycles. The summed E-state index contributed by atoms with van der Waals surface area (Å²) in [6.07, 6.45) is -2.22. The van der Waals surface area contributed by atoms with Crippen LogP contribution in [0.15, 0.2) is 103 Å². The fourth-order valence-corrected chi connectivity index (χ4v) is 10.0. The number of carbonyl (C=O) groups excluding carboxylic acids is 9. The molecule has 528 valence electrons. The number of aliphatic hydroxyl groups excluding tert-OH is 1. The van der Waals surface area contributed by atoms with Crippen LogP contribution in [0.3, 0.4) is 0 Å². The average molecular weight is 1350 g/mol. The number of phenols is 3. The molecule has 30 heteroatoms. The molecule has 97 heavy (non-hydrogen) atoms. The number of nitrogens with one attached hydrogen (secondary N) is 9. The van der Waals surface area contributed by atoms with Crippen LogP contribution in [0.25, 0.3) is 0 Å². The smallest absolute Gasteiger partial charge is 0.326 e. The van der Waals surface area contributed by atoms with Gasteiger partial charge in [0.2, 0.25) is 53.2 Å². The molecule has 0 radical (unpaired) electrons. The normalized spacial score (nSPS) is 14.2. The average Bonchev–Trinajstić information content (AvgIpc) is 0.883. The zero-order chi connectivity index (χ0) is 71.9. The van der Waals surface area contributed by atoms with Gasteiger partial charge in [-0.25, -0.2) is 4.79 Å². The number of nitrogens with two attached hydrogens (primary N) is 2. The summed E-state index contributed by atoms with van der Waals surface area (Å²) in [5.41, 5.74) is 13.2. The van der Waals surface area contributed by atoms with E-state index in [0.717, 1.165) is 0 Å². The van der Waals surface area contributed by atoms with E-state index in [1.54, 1.807) is 58.0 Å². The zero-order valence-corrected chi connectivity index (χ0v) is 54.5. The van der Waals surface area contributed by atoms with Gasteiger partial charge in [0.25, 0.3) is 0 Å². The van der Waals surface area contributed by atoms with E-state index in [9.17, 15) is 93.3 Å². The SMILES string of the molecule is CC(C)C[C@H](NC(=O)[C@H](CC(C)C)NC(=O)[C@H](Cc1ccc(O)cc1)NC(=O)[C@H](Cc1ccccc1)NC(=O)[C@H](CO)NC(=O)[C@H](CCC(=O)O)NC(=O)[C@@H](N)CCCCN)C(=O)N[C@@H](Cc1ccc(O)cc1)C(=O)N[C@@H](Cc1ccc(O)cc1)C(=O)N[C@@H](CCC(=O)O)C(=O)O. The molecule has 0 aliphatic heterocycles. The maximum Gasteiger partial charge on any atom is 0.326 e. The van der Waals surface area contributed by atoms with E-state index >= 15 is 0 Å². The first-order chi connectivity index (χ1) is 45.9. The Morgan fingerprint density at radius 1 is 0.361 bits per heavy atom. The van der Waals surface area contributed by atoms with E-state index in [-0.39, 0.29) is 74.0 Å². The molecule has 4 rings (SSSR count). The van der Waals surface area contributed by atoms with Gasteiger partial charge in [0.1, 0.15) is 71.6 Å². The van der Waals surface area contributed by atoms with Gasteiger partial charge in [-0.2, -0.15) is 0 Å². The largest absolute Gasteiger partial charge is 0.508 e. The summed E-state index contributed by atoms with van der Waals surface area (Å²) in [4.78, 5) is 164. The number of phenolic OH excluding ortho intramolecular Hbond substituents is 3. The molecular formula is C67H91N11O19. The lowest BCUT2D eigenvalue weighted by Gasteiger charge is -2.29. The number of benzene rings is 4. The lowest BCUT2D eigenvalue weighted by molar-refractivity contribution is -0.143. The van der Waals surface area contributed by atoms with Gasteiger partial charge >= 0.3 is 17.9 Å². The molecule has 0 aliphatic rings. The molecule has 0 aliphatic carbocycles. The van der Waals surface area contributed by atoms with Gasteiger partial charge in [-0.3, -0.25) is 52.7 Å². The lowest BCUT2D eigenvalue weighted by Crippen LogP contribution is -2.61. The molecule has 0 heterocycles. The highest BCUT2D eigenvalue weighted by molar-refractivity contribution is 5.99. The van der Waals surface area contributed by atoms with E-state index < -0.39 is 164 Å². The Morgan fingerprint density at radius 3 is 0.979 bits per heavy atom. The third kappa shape index (κ3) is 28.7. The highest BCUT2D eigenvalue weighted by Gasteiger charge is 2.37. The molecule has 30 nitrogen and oxygen atoms in total. The number of unbranched alkanes of at least 4 members (excludes halogenated alkanes) is 1. The maximum atomic E-state index is 14.9. The highest BCUT2D eigenvalue weighted by atomic mass is 16.4. The minimum atomic E-state index is -1.80. The number of hydrogen-bond donors (Lipinski definition) is 18. The van der Waals surface area contributed by atoms with Crippen molar-refractivity contribution in [3.63, 3.8) is 0 Å². The molecule has 0 aromatic heterocycles. The third-order valence-corrected chi connectivity index (χ3v) is 15.3. The van der Waals surface area contributed by atoms with E-state index in [2.05, 4.69) is 47.9 Å². The van der Waals surface area contributed by atoms with Crippen LogP contribution in [-0.2, 0) is 83.2 Å². The van der Waals surface area contributed by atoms with Gasteiger partial charge in [-0.1, -0.05) is 101 Å². The van der Waals surface area contributed by atoms with Crippen molar-refractivity contribution in [3.05, 3.63) is 125 Å². The molecule has 0 unspecified atom stereocenters. The Balaban J connectivity index is 1.67. The number of aliphatic hydroxyl groups is 1. The molecule has 9 amide bonds. The molecule has 4 aromatic rings. The fourth-order valence-electron chi connectivity index (χ4n) is 10.0. The second-order valence-electron chi connectivity index (χ2n) is 24.4. The van der Waals surface area contributed by atoms with Crippen molar-refractivity contribution in [1.29, 1.82) is 0 Å². The molecule has 0 fully saturated rings. The third-order valence-electron chi connectivity index (χ3n) is 15.3. The summed E-state index contributed by atoms with van der Waals surface area (Å²) >= 11 is 0. The Hall–Kier alpha value is -10.2. The second kappa shape index (κ2) is 40.3. The number of hydrogen-bond acceptors (Lipinski definition) is 18. The first kappa shape index (κ1) is 79.2. The maximum absolute atomic E-state index is 14.9. The number of aliphatic carboxylic acids is 3. The summed E-state index contributed by atoms with van der Waals surface area (Å²) in [5, 5.41) is 92.2. The van der Waals surface area contributed by atoms with Gasteiger partial charge in [0, 0.05) is 38.5 Å². The summed E-state index contributed by atoms with van der Waals surface area (Å²) in [6.45, 7) is 6.25. The number of carboxylic acids is 3. The predicted octanol–water partition coefficient (Wildman–Crippen LogP) is -0.208. The highest BCUT2D eigenvalue weighted by Crippen LogP contribution is 2.18. The van der Waals surface area contributed by atoms with Crippen molar-refractivity contribution in [2.24, 2.45) is 23.3 Å². The van der Waals surface area contributed by atoms with Crippen molar-refractivity contribution in [3.8, 4) is 17.2 Å². The number of aromatic hydroxyl groups is 3. The van der Waals surface area contributed by atoms with Crippen LogP contribution < -0.4 is 59.3 Å². The van der Waals surface area contributed by atoms with Gasteiger partial charge in [-0.05, 0) is 116 Å². The molecule has 10 atom stereocenters. The van der Waals surface area contributed by atoms with Crippen LogP contribution >= 0.6 is 0 Å². The van der Waals surface area contributed by atoms with Gasteiger partial charge < -0.3 is 95.1 Å². The van der Waals surface area contributed by atoms with Crippen LogP contribution in [0, 0.1) is 11.8 Å². The Kier molecular flexibility index (Phi) is 32.9. The molecule has 20 N–H and O–H groups in total.